The Morgan fingerprint density at radius 2 is 1.86 bits per heavy atom. The molecule has 2 fully saturated rings. The Morgan fingerprint density at radius 1 is 1.29 bits per heavy atom. The number of aliphatic hydroxyl groups is 1. The predicted octanol–water partition coefficient (Wildman–Crippen LogP) is 0.633. The number of aliphatic carboxylic acids is 2. The zero-order valence-corrected chi connectivity index (χ0v) is 16.3. The summed E-state index contributed by atoms with van der Waals surface area (Å²) in [6.45, 7) is 5.41. The molecule has 2 aliphatic rings. The maximum absolute atomic E-state index is 10.9. The zero-order valence-electron chi connectivity index (χ0n) is 15.6. The molecule has 0 aromatic carbocycles. The van der Waals surface area contributed by atoms with E-state index in [9.17, 15) is 9.90 Å². The fourth-order valence-electron chi connectivity index (χ4n) is 3.19. The number of pyridine rings is 1. The van der Waals surface area contributed by atoms with E-state index in [-0.39, 0.29) is 17.6 Å². The van der Waals surface area contributed by atoms with Gasteiger partial charge in [-0.2, -0.15) is 0 Å². The molecule has 0 radical (unpaired) electrons. The number of carboxylic acid groups (broad SMARTS) is 3. The summed E-state index contributed by atoms with van der Waals surface area (Å²) in [5.41, 5.74) is -0.0621. The molecule has 28 heavy (non-hydrogen) atoms. The monoisotopic (exact) mass is 417 g/mol. The Bertz CT molecular complexity index is 711. The van der Waals surface area contributed by atoms with E-state index in [4.69, 9.17) is 36.5 Å². The number of rotatable bonds is 3. The number of nitrogens with zero attached hydrogens (tertiary/aromatic N) is 2. The Morgan fingerprint density at radius 3 is 2.29 bits per heavy atom. The van der Waals surface area contributed by atoms with E-state index >= 15 is 0 Å². The number of aliphatic hydroxyl groups excluding tert-OH is 1. The van der Waals surface area contributed by atoms with Gasteiger partial charge < -0.3 is 30.6 Å². The van der Waals surface area contributed by atoms with Gasteiger partial charge in [0.05, 0.1) is 17.2 Å². The summed E-state index contributed by atoms with van der Waals surface area (Å²) in [6, 6.07) is 1.42. The smallest absolute Gasteiger partial charge is 0.337 e. The van der Waals surface area contributed by atoms with E-state index < -0.39 is 17.9 Å². The van der Waals surface area contributed by atoms with Crippen LogP contribution in [0.25, 0.3) is 0 Å². The third kappa shape index (κ3) is 6.32. The molecule has 2 unspecified atom stereocenters. The first-order valence-electron chi connectivity index (χ1n) is 8.37. The second-order valence-corrected chi connectivity index (χ2v) is 7.01. The molecular formula is C17H24ClN3O7. The number of fused-ring (bicyclic) bond motifs is 1. The third-order valence-electron chi connectivity index (χ3n) is 4.36. The highest BCUT2D eigenvalue weighted by molar-refractivity contribution is 6.33. The zero-order chi connectivity index (χ0) is 21.5. The van der Waals surface area contributed by atoms with Crippen molar-refractivity contribution in [3.05, 3.63) is 22.8 Å². The van der Waals surface area contributed by atoms with E-state index in [0.29, 0.717) is 23.3 Å². The molecular weight excluding hydrogens is 394 g/mol. The van der Waals surface area contributed by atoms with Gasteiger partial charge in [0.1, 0.15) is 5.82 Å². The second kappa shape index (κ2) is 10.2. The molecule has 2 aliphatic heterocycles. The van der Waals surface area contributed by atoms with Gasteiger partial charge in [0, 0.05) is 51.6 Å². The molecule has 3 heterocycles. The third-order valence-corrected chi connectivity index (χ3v) is 4.64. The lowest BCUT2D eigenvalue weighted by Crippen LogP contribution is -2.36. The van der Waals surface area contributed by atoms with Crippen molar-refractivity contribution in [1.82, 2.24) is 10.3 Å². The number of anilines is 1. The SMILES string of the molecule is CC(=O)O.CC(=O)O.O=C(O)c1cnc(N2CC3CNCC3(CO)C2)c(Cl)c1. The minimum Gasteiger partial charge on any atom is -0.481 e. The lowest BCUT2D eigenvalue weighted by atomic mass is 9.82. The Balaban J connectivity index is 0.000000420. The molecule has 11 heteroatoms. The van der Waals surface area contributed by atoms with Gasteiger partial charge in [0.2, 0.25) is 0 Å². The maximum Gasteiger partial charge on any atom is 0.337 e. The van der Waals surface area contributed by atoms with Crippen molar-refractivity contribution in [3.63, 3.8) is 0 Å². The van der Waals surface area contributed by atoms with E-state index in [2.05, 4.69) is 10.3 Å². The highest BCUT2D eigenvalue weighted by Crippen LogP contribution is 2.41. The van der Waals surface area contributed by atoms with Crippen LogP contribution in [-0.2, 0) is 9.59 Å². The Labute approximate surface area is 166 Å². The number of nitrogens with one attached hydrogen (secondary N) is 1. The van der Waals surface area contributed by atoms with Crippen LogP contribution in [0.5, 0.6) is 0 Å². The highest BCUT2D eigenvalue weighted by atomic mass is 35.5. The molecule has 0 amide bonds. The van der Waals surface area contributed by atoms with Crippen molar-refractivity contribution in [2.75, 3.05) is 37.7 Å². The van der Waals surface area contributed by atoms with Gasteiger partial charge in [-0.1, -0.05) is 11.6 Å². The van der Waals surface area contributed by atoms with Gasteiger partial charge in [-0.3, -0.25) is 9.59 Å². The summed E-state index contributed by atoms with van der Waals surface area (Å²) in [5, 5.41) is 37.1. The standard InChI is InChI=1S/C13H16ClN3O3.2C2H4O2/c14-10-1-8(12(19)20)2-16-11(10)17-4-9-3-15-5-13(9,6-17)7-18;2*1-2(3)4/h1-2,9,15,18H,3-7H2,(H,19,20);2*1H3,(H,3,4). The van der Waals surface area contributed by atoms with E-state index in [1.54, 1.807) is 0 Å². The average Bonchev–Trinajstić information content (AvgIpc) is 3.10. The molecule has 10 nitrogen and oxygen atoms in total. The number of carboxylic acids is 3. The normalized spacial score (nSPS) is 22.3. The number of aromatic nitrogens is 1. The fraction of sp³-hybridized carbons (Fsp3) is 0.529. The number of hydrogen-bond donors (Lipinski definition) is 5. The average molecular weight is 418 g/mol. The van der Waals surface area contributed by atoms with Crippen LogP contribution >= 0.6 is 11.6 Å². The Hall–Kier alpha value is -2.43. The lowest BCUT2D eigenvalue weighted by molar-refractivity contribution is -0.135. The first kappa shape index (κ1) is 23.6. The van der Waals surface area contributed by atoms with Crippen molar-refractivity contribution in [2.24, 2.45) is 11.3 Å². The number of aromatic carboxylic acids is 1. The van der Waals surface area contributed by atoms with Crippen LogP contribution in [0, 0.1) is 11.3 Å². The maximum atomic E-state index is 10.9. The van der Waals surface area contributed by atoms with Crippen molar-refractivity contribution in [3.8, 4) is 0 Å². The fourth-order valence-corrected chi connectivity index (χ4v) is 3.47. The van der Waals surface area contributed by atoms with Crippen molar-refractivity contribution < 1.29 is 34.8 Å². The molecule has 156 valence electrons. The molecule has 2 saturated heterocycles. The quantitative estimate of drug-likeness (QED) is 0.471. The first-order chi connectivity index (χ1) is 13.0. The van der Waals surface area contributed by atoms with E-state index in [1.165, 1.54) is 12.3 Å². The van der Waals surface area contributed by atoms with Crippen molar-refractivity contribution in [2.45, 2.75) is 13.8 Å². The lowest BCUT2D eigenvalue weighted by Gasteiger charge is -2.25. The largest absolute Gasteiger partial charge is 0.481 e. The Kier molecular flexibility index (Phi) is 8.61. The van der Waals surface area contributed by atoms with Gasteiger partial charge in [0.15, 0.2) is 0 Å². The van der Waals surface area contributed by atoms with Crippen LogP contribution in [0.4, 0.5) is 5.82 Å². The predicted molar refractivity (Wildman–Crippen MR) is 101 cm³/mol. The molecule has 0 bridgehead atoms. The van der Waals surface area contributed by atoms with Crippen molar-refractivity contribution in [1.29, 1.82) is 0 Å². The summed E-state index contributed by atoms with van der Waals surface area (Å²) in [6.07, 6.45) is 1.32. The summed E-state index contributed by atoms with van der Waals surface area (Å²) in [7, 11) is 0. The molecule has 3 rings (SSSR count). The van der Waals surface area contributed by atoms with Gasteiger partial charge >= 0.3 is 5.97 Å². The van der Waals surface area contributed by atoms with Crippen LogP contribution in [0.15, 0.2) is 12.3 Å². The summed E-state index contributed by atoms with van der Waals surface area (Å²) < 4.78 is 0. The van der Waals surface area contributed by atoms with Gasteiger partial charge in [-0.25, -0.2) is 9.78 Å². The number of carbonyl (C=O) groups is 3. The summed E-state index contributed by atoms with van der Waals surface area (Å²) >= 11 is 6.15. The summed E-state index contributed by atoms with van der Waals surface area (Å²) in [4.78, 5) is 35.1. The van der Waals surface area contributed by atoms with Crippen LogP contribution in [0.1, 0.15) is 24.2 Å². The van der Waals surface area contributed by atoms with Gasteiger partial charge in [-0.05, 0) is 12.0 Å². The van der Waals surface area contributed by atoms with Crippen molar-refractivity contribution >= 4 is 35.3 Å². The van der Waals surface area contributed by atoms with Crippen LogP contribution in [0.3, 0.4) is 0 Å². The molecule has 1 aromatic rings. The van der Waals surface area contributed by atoms with Gasteiger partial charge in [-0.15, -0.1) is 0 Å². The topological polar surface area (TPSA) is 160 Å². The molecule has 0 spiro atoms. The van der Waals surface area contributed by atoms with Crippen LogP contribution < -0.4 is 10.2 Å². The molecule has 2 atom stereocenters. The van der Waals surface area contributed by atoms with Gasteiger partial charge in [0.25, 0.3) is 11.9 Å². The summed E-state index contributed by atoms with van der Waals surface area (Å²) in [5.74, 6) is -1.75. The minimum absolute atomic E-state index is 0.0803. The number of hydrogen-bond acceptors (Lipinski definition) is 7. The minimum atomic E-state index is -1.04. The number of halogens is 1. The van der Waals surface area contributed by atoms with Crippen LogP contribution in [0.2, 0.25) is 5.02 Å². The highest BCUT2D eigenvalue weighted by Gasteiger charge is 2.49. The first-order valence-corrected chi connectivity index (χ1v) is 8.74. The van der Waals surface area contributed by atoms with E-state index in [0.717, 1.165) is 33.5 Å². The molecule has 0 saturated carbocycles. The molecule has 0 aliphatic carbocycles. The van der Waals surface area contributed by atoms with E-state index in [1.807, 2.05) is 4.90 Å². The second-order valence-electron chi connectivity index (χ2n) is 6.60. The molecule has 5 N–H and O–H groups in total. The van der Waals surface area contributed by atoms with Crippen LogP contribution in [-0.4, -0.2) is 76.1 Å². The molecule has 1 aromatic heterocycles.